The molecule has 19 heavy (non-hydrogen) atoms. The van der Waals surface area contributed by atoms with Crippen molar-refractivity contribution in [2.75, 3.05) is 0 Å². The molecular formula is C15H13BrClFO. The van der Waals surface area contributed by atoms with E-state index in [9.17, 15) is 9.50 Å². The zero-order valence-corrected chi connectivity index (χ0v) is 12.7. The number of benzene rings is 2. The molecule has 2 aromatic carbocycles. The van der Waals surface area contributed by atoms with Crippen LogP contribution in [0.2, 0.25) is 5.02 Å². The number of aliphatic hydroxyl groups excluding tert-OH is 1. The first-order valence-electron chi connectivity index (χ1n) is 5.85. The quantitative estimate of drug-likeness (QED) is 0.846. The number of hydrogen-bond donors (Lipinski definition) is 1. The van der Waals surface area contributed by atoms with Crippen LogP contribution in [-0.2, 0) is 6.42 Å². The lowest BCUT2D eigenvalue weighted by molar-refractivity contribution is 0.178. The highest BCUT2D eigenvalue weighted by Gasteiger charge is 2.11. The van der Waals surface area contributed by atoms with E-state index in [1.54, 1.807) is 18.2 Å². The van der Waals surface area contributed by atoms with E-state index in [1.807, 2.05) is 13.0 Å². The summed E-state index contributed by atoms with van der Waals surface area (Å²) in [5.74, 6) is -0.316. The Bertz CT molecular complexity index is 580. The van der Waals surface area contributed by atoms with Crippen LogP contribution in [0.4, 0.5) is 4.39 Å². The van der Waals surface area contributed by atoms with Gasteiger partial charge in [-0.05, 0) is 47.9 Å². The summed E-state index contributed by atoms with van der Waals surface area (Å²) in [5, 5.41) is 10.9. The van der Waals surface area contributed by atoms with E-state index in [0.717, 1.165) is 16.7 Å². The third kappa shape index (κ3) is 3.78. The van der Waals surface area contributed by atoms with Crippen molar-refractivity contribution in [3.05, 3.63) is 68.4 Å². The summed E-state index contributed by atoms with van der Waals surface area (Å²) in [7, 11) is 0. The largest absolute Gasteiger partial charge is 0.388 e. The topological polar surface area (TPSA) is 20.2 Å². The molecule has 0 aromatic heterocycles. The van der Waals surface area contributed by atoms with Crippen molar-refractivity contribution in [1.82, 2.24) is 0 Å². The summed E-state index contributed by atoms with van der Waals surface area (Å²) in [6.45, 7) is 1.89. The molecule has 0 spiro atoms. The Kier molecular flexibility index (Phi) is 4.61. The lowest BCUT2D eigenvalue weighted by Crippen LogP contribution is -2.02. The maximum atomic E-state index is 13.3. The van der Waals surface area contributed by atoms with Crippen molar-refractivity contribution >= 4 is 27.5 Å². The lowest BCUT2D eigenvalue weighted by Gasteiger charge is -2.13. The van der Waals surface area contributed by atoms with E-state index < -0.39 is 6.10 Å². The predicted octanol–water partition coefficient (Wildman–Crippen LogP) is 4.83. The highest BCUT2D eigenvalue weighted by molar-refractivity contribution is 9.10. The van der Waals surface area contributed by atoms with Crippen LogP contribution in [0.1, 0.15) is 22.8 Å². The molecule has 0 saturated carbocycles. The summed E-state index contributed by atoms with van der Waals surface area (Å²) in [5.41, 5.74) is 2.44. The van der Waals surface area contributed by atoms with Crippen LogP contribution in [-0.4, -0.2) is 5.11 Å². The van der Waals surface area contributed by atoms with E-state index in [0.29, 0.717) is 15.9 Å². The average molecular weight is 344 g/mol. The first-order valence-corrected chi connectivity index (χ1v) is 7.02. The van der Waals surface area contributed by atoms with E-state index in [1.165, 1.54) is 12.1 Å². The molecule has 1 N–H and O–H groups in total. The molecule has 1 unspecified atom stereocenters. The van der Waals surface area contributed by atoms with Gasteiger partial charge in [-0.15, -0.1) is 0 Å². The number of aryl methyl sites for hydroxylation is 1. The molecule has 0 bridgehead atoms. The molecular weight excluding hydrogens is 331 g/mol. The van der Waals surface area contributed by atoms with Crippen molar-refractivity contribution < 1.29 is 9.50 Å². The summed E-state index contributed by atoms with van der Waals surface area (Å²) in [6, 6.07) is 10.0. The van der Waals surface area contributed by atoms with Gasteiger partial charge in [-0.3, -0.25) is 0 Å². The Balaban J connectivity index is 2.20. The SMILES string of the molecule is Cc1cc(C(O)Cc2cc(F)cc(Br)c2)ccc1Cl. The number of rotatable bonds is 3. The van der Waals surface area contributed by atoms with Crippen LogP contribution in [0.15, 0.2) is 40.9 Å². The van der Waals surface area contributed by atoms with Crippen LogP contribution in [0.25, 0.3) is 0 Å². The Labute approximate surface area is 125 Å². The van der Waals surface area contributed by atoms with Crippen LogP contribution in [0.5, 0.6) is 0 Å². The Hall–Kier alpha value is -0.900. The van der Waals surface area contributed by atoms with Gasteiger partial charge in [0.1, 0.15) is 5.82 Å². The fourth-order valence-corrected chi connectivity index (χ4v) is 2.58. The first kappa shape index (κ1) is 14.5. The Morgan fingerprint density at radius 3 is 2.63 bits per heavy atom. The van der Waals surface area contributed by atoms with Gasteiger partial charge in [0, 0.05) is 15.9 Å². The van der Waals surface area contributed by atoms with Crippen molar-refractivity contribution in [2.24, 2.45) is 0 Å². The van der Waals surface area contributed by atoms with E-state index >= 15 is 0 Å². The summed E-state index contributed by atoms with van der Waals surface area (Å²) < 4.78 is 13.9. The summed E-state index contributed by atoms with van der Waals surface area (Å²) in [6.07, 6.45) is -0.318. The van der Waals surface area contributed by atoms with E-state index in [4.69, 9.17) is 11.6 Å². The van der Waals surface area contributed by atoms with Crippen LogP contribution in [0, 0.1) is 12.7 Å². The van der Waals surface area contributed by atoms with Gasteiger partial charge in [-0.2, -0.15) is 0 Å². The molecule has 100 valence electrons. The molecule has 0 fully saturated rings. The highest BCUT2D eigenvalue weighted by Crippen LogP contribution is 2.25. The van der Waals surface area contributed by atoms with Gasteiger partial charge in [-0.1, -0.05) is 39.7 Å². The highest BCUT2D eigenvalue weighted by atomic mass is 79.9. The molecule has 4 heteroatoms. The minimum atomic E-state index is -0.676. The van der Waals surface area contributed by atoms with Gasteiger partial charge in [-0.25, -0.2) is 4.39 Å². The van der Waals surface area contributed by atoms with Crippen molar-refractivity contribution in [3.8, 4) is 0 Å². The minimum absolute atomic E-state index is 0.316. The molecule has 0 saturated heterocycles. The van der Waals surface area contributed by atoms with Crippen LogP contribution in [0.3, 0.4) is 0 Å². The lowest BCUT2D eigenvalue weighted by atomic mass is 10.00. The zero-order valence-electron chi connectivity index (χ0n) is 10.3. The van der Waals surface area contributed by atoms with Gasteiger partial charge in [0.2, 0.25) is 0 Å². The minimum Gasteiger partial charge on any atom is -0.388 e. The maximum Gasteiger partial charge on any atom is 0.124 e. The van der Waals surface area contributed by atoms with Crippen molar-refractivity contribution in [2.45, 2.75) is 19.4 Å². The van der Waals surface area contributed by atoms with Crippen LogP contribution >= 0.6 is 27.5 Å². The molecule has 0 amide bonds. The smallest absolute Gasteiger partial charge is 0.124 e. The van der Waals surface area contributed by atoms with E-state index in [-0.39, 0.29) is 5.82 Å². The van der Waals surface area contributed by atoms with Gasteiger partial charge in [0.05, 0.1) is 6.10 Å². The average Bonchev–Trinajstić information content (AvgIpc) is 2.31. The first-order chi connectivity index (χ1) is 8.95. The summed E-state index contributed by atoms with van der Waals surface area (Å²) >= 11 is 9.19. The molecule has 0 aliphatic carbocycles. The molecule has 2 rings (SSSR count). The van der Waals surface area contributed by atoms with Gasteiger partial charge >= 0.3 is 0 Å². The molecule has 0 aliphatic rings. The van der Waals surface area contributed by atoms with Gasteiger partial charge in [0.15, 0.2) is 0 Å². The van der Waals surface area contributed by atoms with Crippen molar-refractivity contribution in [1.29, 1.82) is 0 Å². The molecule has 2 aromatic rings. The predicted molar refractivity (Wildman–Crippen MR) is 79.0 cm³/mol. The fourth-order valence-electron chi connectivity index (χ4n) is 1.95. The van der Waals surface area contributed by atoms with Crippen molar-refractivity contribution in [3.63, 3.8) is 0 Å². The number of hydrogen-bond acceptors (Lipinski definition) is 1. The molecule has 1 nitrogen and oxygen atoms in total. The second kappa shape index (κ2) is 6.04. The zero-order chi connectivity index (χ0) is 14.0. The Morgan fingerprint density at radius 1 is 1.26 bits per heavy atom. The molecule has 1 atom stereocenters. The third-order valence-electron chi connectivity index (χ3n) is 2.92. The second-order valence-corrected chi connectivity index (χ2v) is 5.83. The molecule has 0 aliphatic heterocycles. The molecule has 0 heterocycles. The monoisotopic (exact) mass is 342 g/mol. The van der Waals surface area contributed by atoms with Gasteiger partial charge < -0.3 is 5.11 Å². The maximum absolute atomic E-state index is 13.3. The Morgan fingerprint density at radius 2 is 2.00 bits per heavy atom. The number of aliphatic hydroxyl groups is 1. The van der Waals surface area contributed by atoms with Gasteiger partial charge in [0.25, 0.3) is 0 Å². The fraction of sp³-hybridized carbons (Fsp3) is 0.200. The van der Waals surface area contributed by atoms with E-state index in [2.05, 4.69) is 15.9 Å². The standard InChI is InChI=1S/C15H13BrClFO/c1-9-4-11(2-3-14(9)17)15(19)7-10-5-12(16)8-13(18)6-10/h2-6,8,15,19H,7H2,1H3. The number of halogens is 3. The summed E-state index contributed by atoms with van der Waals surface area (Å²) in [4.78, 5) is 0. The normalized spacial score (nSPS) is 12.5. The third-order valence-corrected chi connectivity index (χ3v) is 3.80. The second-order valence-electron chi connectivity index (χ2n) is 4.51. The molecule has 0 radical (unpaired) electrons. The van der Waals surface area contributed by atoms with Crippen LogP contribution < -0.4 is 0 Å².